The van der Waals surface area contributed by atoms with Gasteiger partial charge in [0.05, 0.1) is 0 Å². The van der Waals surface area contributed by atoms with Crippen LogP contribution in [0.25, 0.3) is 21.9 Å². The highest BCUT2D eigenvalue weighted by atomic mass is 16.2. The molecule has 1 aromatic carbocycles. The van der Waals surface area contributed by atoms with Gasteiger partial charge < -0.3 is 5.32 Å². The van der Waals surface area contributed by atoms with Crippen LogP contribution in [0.1, 0.15) is 24.0 Å². The van der Waals surface area contributed by atoms with Crippen LogP contribution in [0.5, 0.6) is 0 Å². The molecule has 2 aromatic heterocycles. The second kappa shape index (κ2) is 5.71. The standard InChI is InChI=1S/C20H19N3O/c1-12-7-8-21-11-18(12)15-5-6-17-13(2)19(22-10-16(17)9-15)23-20(24)14-3-4-14/h5-11,14H,3-4H2,1-2H3,(H,22,23,24). The molecule has 1 aliphatic carbocycles. The van der Waals surface area contributed by atoms with Gasteiger partial charge in [0.2, 0.25) is 5.91 Å². The molecule has 120 valence electrons. The zero-order valence-corrected chi connectivity index (χ0v) is 13.8. The molecule has 3 aromatic rings. The lowest BCUT2D eigenvalue weighted by molar-refractivity contribution is -0.117. The minimum atomic E-state index is 0.0903. The van der Waals surface area contributed by atoms with Crippen molar-refractivity contribution in [1.29, 1.82) is 0 Å². The number of rotatable bonds is 3. The Bertz CT molecular complexity index is 945. The van der Waals surface area contributed by atoms with Gasteiger partial charge in [-0.2, -0.15) is 0 Å². The van der Waals surface area contributed by atoms with E-state index in [1.165, 1.54) is 5.56 Å². The fourth-order valence-corrected chi connectivity index (χ4v) is 2.99. The Morgan fingerprint density at radius 1 is 1.17 bits per heavy atom. The quantitative estimate of drug-likeness (QED) is 0.785. The van der Waals surface area contributed by atoms with Crippen LogP contribution in [0.4, 0.5) is 5.82 Å². The average molecular weight is 317 g/mol. The molecular weight excluding hydrogens is 298 g/mol. The van der Waals surface area contributed by atoms with E-state index < -0.39 is 0 Å². The van der Waals surface area contributed by atoms with Gasteiger partial charge in [0.25, 0.3) is 0 Å². The number of carbonyl (C=O) groups excluding carboxylic acids is 1. The van der Waals surface area contributed by atoms with Gasteiger partial charge in [-0.05, 0) is 60.9 Å². The highest BCUT2D eigenvalue weighted by Crippen LogP contribution is 2.32. The van der Waals surface area contributed by atoms with Crippen molar-refractivity contribution in [2.45, 2.75) is 26.7 Å². The Morgan fingerprint density at radius 2 is 2.00 bits per heavy atom. The molecule has 0 spiro atoms. The van der Waals surface area contributed by atoms with Crippen LogP contribution >= 0.6 is 0 Å². The number of pyridine rings is 2. The minimum Gasteiger partial charge on any atom is -0.310 e. The maximum absolute atomic E-state index is 12.0. The summed E-state index contributed by atoms with van der Waals surface area (Å²) in [5, 5.41) is 5.14. The van der Waals surface area contributed by atoms with Crippen molar-refractivity contribution < 1.29 is 4.79 Å². The fraction of sp³-hybridized carbons (Fsp3) is 0.250. The molecule has 0 bridgehead atoms. The van der Waals surface area contributed by atoms with Crippen molar-refractivity contribution >= 4 is 22.5 Å². The first-order chi connectivity index (χ1) is 11.6. The largest absolute Gasteiger partial charge is 0.310 e. The number of benzene rings is 1. The molecule has 0 atom stereocenters. The monoisotopic (exact) mass is 317 g/mol. The van der Waals surface area contributed by atoms with Gasteiger partial charge in [0, 0.05) is 35.5 Å². The summed E-state index contributed by atoms with van der Waals surface area (Å²) in [7, 11) is 0. The molecule has 1 saturated carbocycles. The second-order valence-electron chi connectivity index (χ2n) is 6.49. The molecule has 1 fully saturated rings. The third-order valence-electron chi connectivity index (χ3n) is 4.68. The van der Waals surface area contributed by atoms with Gasteiger partial charge in [0.15, 0.2) is 0 Å². The van der Waals surface area contributed by atoms with Gasteiger partial charge >= 0.3 is 0 Å². The topological polar surface area (TPSA) is 54.9 Å². The molecule has 0 unspecified atom stereocenters. The SMILES string of the molecule is Cc1ccncc1-c1ccc2c(C)c(NC(=O)C3CC3)ncc2c1. The van der Waals surface area contributed by atoms with Crippen LogP contribution in [-0.2, 0) is 4.79 Å². The highest BCUT2D eigenvalue weighted by Gasteiger charge is 2.30. The Morgan fingerprint density at radius 3 is 2.75 bits per heavy atom. The van der Waals surface area contributed by atoms with Crippen LogP contribution in [0.3, 0.4) is 0 Å². The molecule has 1 amide bonds. The molecule has 4 nitrogen and oxygen atoms in total. The molecule has 1 N–H and O–H groups in total. The molecule has 4 rings (SSSR count). The lowest BCUT2D eigenvalue weighted by Gasteiger charge is -2.11. The maximum Gasteiger partial charge on any atom is 0.228 e. The summed E-state index contributed by atoms with van der Waals surface area (Å²) in [4.78, 5) is 20.7. The van der Waals surface area contributed by atoms with Crippen molar-refractivity contribution in [1.82, 2.24) is 9.97 Å². The summed E-state index contributed by atoms with van der Waals surface area (Å²) in [5.41, 5.74) is 4.46. The molecule has 0 radical (unpaired) electrons. The van der Waals surface area contributed by atoms with E-state index in [4.69, 9.17) is 0 Å². The first-order valence-corrected chi connectivity index (χ1v) is 8.24. The zero-order valence-electron chi connectivity index (χ0n) is 13.8. The molecule has 2 heterocycles. The number of hydrogen-bond acceptors (Lipinski definition) is 3. The lowest BCUT2D eigenvalue weighted by atomic mass is 9.99. The summed E-state index contributed by atoms with van der Waals surface area (Å²) in [5.74, 6) is 0.940. The van der Waals surface area contributed by atoms with Crippen LogP contribution in [-0.4, -0.2) is 15.9 Å². The number of nitrogens with zero attached hydrogens (tertiary/aromatic N) is 2. The van der Waals surface area contributed by atoms with Crippen molar-refractivity contribution in [3.8, 4) is 11.1 Å². The normalized spacial score (nSPS) is 13.9. The molecule has 0 aliphatic heterocycles. The third kappa shape index (κ3) is 2.64. The number of aryl methyl sites for hydroxylation is 2. The van der Waals surface area contributed by atoms with E-state index in [1.807, 2.05) is 25.4 Å². The second-order valence-corrected chi connectivity index (χ2v) is 6.49. The number of anilines is 1. The number of carbonyl (C=O) groups is 1. The predicted molar refractivity (Wildman–Crippen MR) is 95.8 cm³/mol. The van der Waals surface area contributed by atoms with Crippen LogP contribution in [0.15, 0.2) is 42.9 Å². The van der Waals surface area contributed by atoms with Gasteiger partial charge in [-0.25, -0.2) is 4.98 Å². The molecule has 24 heavy (non-hydrogen) atoms. The number of nitrogens with one attached hydrogen (secondary N) is 1. The van der Waals surface area contributed by atoms with Gasteiger partial charge in [-0.1, -0.05) is 12.1 Å². The zero-order chi connectivity index (χ0) is 16.7. The summed E-state index contributed by atoms with van der Waals surface area (Å²) in [6.07, 6.45) is 7.51. The Labute approximate surface area is 141 Å². The summed E-state index contributed by atoms with van der Waals surface area (Å²) < 4.78 is 0. The summed E-state index contributed by atoms with van der Waals surface area (Å²) in [6.45, 7) is 4.09. The first-order valence-electron chi connectivity index (χ1n) is 8.24. The Balaban J connectivity index is 1.73. The van der Waals surface area contributed by atoms with E-state index in [2.05, 4.69) is 40.4 Å². The summed E-state index contributed by atoms with van der Waals surface area (Å²) in [6, 6.07) is 8.35. The Hall–Kier alpha value is -2.75. The van der Waals surface area contributed by atoms with E-state index in [-0.39, 0.29) is 11.8 Å². The van der Waals surface area contributed by atoms with E-state index in [0.717, 1.165) is 40.3 Å². The van der Waals surface area contributed by atoms with E-state index in [0.29, 0.717) is 5.82 Å². The highest BCUT2D eigenvalue weighted by molar-refractivity contribution is 5.98. The number of aromatic nitrogens is 2. The molecule has 0 saturated heterocycles. The van der Waals surface area contributed by atoms with Gasteiger partial charge in [-0.15, -0.1) is 0 Å². The molecular formula is C20H19N3O. The smallest absolute Gasteiger partial charge is 0.228 e. The first kappa shape index (κ1) is 14.8. The van der Waals surface area contributed by atoms with E-state index in [1.54, 1.807) is 6.20 Å². The van der Waals surface area contributed by atoms with Crippen LogP contribution < -0.4 is 5.32 Å². The molecule has 4 heteroatoms. The third-order valence-corrected chi connectivity index (χ3v) is 4.68. The Kier molecular flexibility index (Phi) is 3.53. The lowest BCUT2D eigenvalue weighted by Crippen LogP contribution is -2.15. The summed E-state index contributed by atoms with van der Waals surface area (Å²) >= 11 is 0. The van der Waals surface area contributed by atoms with Gasteiger partial charge in [-0.3, -0.25) is 9.78 Å². The van der Waals surface area contributed by atoms with Crippen LogP contribution in [0, 0.1) is 19.8 Å². The fourth-order valence-electron chi connectivity index (χ4n) is 2.99. The van der Waals surface area contributed by atoms with Crippen molar-refractivity contribution in [2.24, 2.45) is 5.92 Å². The van der Waals surface area contributed by atoms with Crippen molar-refractivity contribution in [3.63, 3.8) is 0 Å². The average Bonchev–Trinajstić information content (AvgIpc) is 3.42. The molecule has 1 aliphatic rings. The number of amides is 1. The van der Waals surface area contributed by atoms with E-state index >= 15 is 0 Å². The number of fused-ring (bicyclic) bond motifs is 1. The van der Waals surface area contributed by atoms with E-state index in [9.17, 15) is 4.79 Å². The van der Waals surface area contributed by atoms with Crippen molar-refractivity contribution in [3.05, 3.63) is 54.0 Å². The maximum atomic E-state index is 12.0. The minimum absolute atomic E-state index is 0.0903. The van der Waals surface area contributed by atoms with Crippen molar-refractivity contribution in [2.75, 3.05) is 5.32 Å². The van der Waals surface area contributed by atoms with Crippen LogP contribution in [0.2, 0.25) is 0 Å². The predicted octanol–water partition coefficient (Wildman–Crippen LogP) is 4.26. The van der Waals surface area contributed by atoms with Gasteiger partial charge in [0.1, 0.15) is 5.82 Å². The number of hydrogen-bond donors (Lipinski definition) is 1.